The van der Waals surface area contributed by atoms with Crippen LogP contribution in [0.5, 0.6) is 0 Å². The molecule has 4 aromatic carbocycles. The molecule has 0 fully saturated rings. The SMILES string of the molecule is CC(C)n1c(-c2[c-]ccc3c2oc2ncc(-c4ccc(F)cc4)cc23)nc2ccccc21.[CH3][Ge]([CH3])([CH3])[c]1ccc(-c2[c-]cccc2)nc1.[Ir]. The zero-order chi connectivity index (χ0) is 33.4. The molecular weight excluding hydrogens is 848 g/mol. The summed E-state index contributed by atoms with van der Waals surface area (Å²) >= 11 is -1.72. The Morgan fingerprint density at radius 2 is 1.55 bits per heavy atom. The third-order valence-corrected chi connectivity index (χ3v) is 12.7. The maximum absolute atomic E-state index is 13.3. The fourth-order valence-corrected chi connectivity index (χ4v) is 8.06. The van der Waals surface area contributed by atoms with Crippen molar-refractivity contribution in [2.75, 3.05) is 0 Å². The third kappa shape index (κ3) is 7.02. The van der Waals surface area contributed by atoms with Crippen LogP contribution in [0.25, 0.3) is 66.9 Å². The Morgan fingerprint density at radius 1 is 0.776 bits per heavy atom. The molecule has 0 spiro atoms. The van der Waals surface area contributed by atoms with Crippen molar-refractivity contribution in [3.8, 4) is 33.8 Å². The number of para-hydroxylation sites is 2. The van der Waals surface area contributed by atoms with Crippen LogP contribution in [0, 0.1) is 17.9 Å². The molecule has 4 aromatic heterocycles. The number of hydrogen-bond acceptors (Lipinski definition) is 4. The second kappa shape index (κ2) is 14.2. The second-order valence-corrected chi connectivity index (χ2v) is 23.8. The average molecular weight is 884 g/mol. The number of aromatic nitrogens is 4. The summed E-state index contributed by atoms with van der Waals surface area (Å²) < 4.78 is 23.2. The molecule has 4 heterocycles. The van der Waals surface area contributed by atoms with Gasteiger partial charge in [0.2, 0.25) is 5.71 Å². The number of fused-ring (bicyclic) bond motifs is 4. The summed E-state index contributed by atoms with van der Waals surface area (Å²) in [7, 11) is 0. The molecule has 0 aliphatic rings. The Hall–Kier alpha value is -4.43. The molecule has 0 saturated heterocycles. The molecule has 49 heavy (non-hydrogen) atoms. The maximum Gasteiger partial charge on any atom is 0 e. The number of nitrogens with zero attached hydrogens (tertiary/aromatic N) is 4. The van der Waals surface area contributed by atoms with E-state index in [4.69, 9.17) is 9.40 Å². The molecule has 247 valence electrons. The largest absolute Gasteiger partial charge is 0 e. The summed E-state index contributed by atoms with van der Waals surface area (Å²) in [5.74, 6) is 7.71. The van der Waals surface area contributed by atoms with Gasteiger partial charge in [-0.2, -0.15) is 0 Å². The van der Waals surface area contributed by atoms with Gasteiger partial charge < -0.3 is 8.98 Å². The van der Waals surface area contributed by atoms with E-state index in [9.17, 15) is 4.39 Å². The van der Waals surface area contributed by atoms with Gasteiger partial charge in [0.1, 0.15) is 5.82 Å². The molecule has 0 aliphatic carbocycles. The molecule has 0 N–H and O–H groups in total. The summed E-state index contributed by atoms with van der Waals surface area (Å²) in [4.78, 5) is 14.0. The van der Waals surface area contributed by atoms with E-state index in [1.807, 2.05) is 66.9 Å². The van der Waals surface area contributed by atoms with Crippen LogP contribution in [0.3, 0.4) is 0 Å². The van der Waals surface area contributed by atoms with Crippen molar-refractivity contribution in [1.82, 2.24) is 19.5 Å². The maximum atomic E-state index is 13.3. The van der Waals surface area contributed by atoms with Gasteiger partial charge in [-0.3, -0.25) is 4.98 Å². The number of rotatable bonds is 5. The Bertz CT molecular complexity index is 2360. The van der Waals surface area contributed by atoms with E-state index in [1.165, 1.54) is 16.5 Å². The molecule has 0 unspecified atom stereocenters. The van der Waals surface area contributed by atoms with Gasteiger partial charge in [0, 0.05) is 43.3 Å². The number of pyridine rings is 2. The molecule has 0 saturated carbocycles. The van der Waals surface area contributed by atoms with Gasteiger partial charge in [0.05, 0.1) is 22.4 Å². The molecule has 0 amide bonds. The molecular formula is C41H35FGeIrN4O-2. The minimum atomic E-state index is -1.72. The zero-order valence-electron chi connectivity index (χ0n) is 28.0. The van der Waals surface area contributed by atoms with Crippen LogP contribution in [0.2, 0.25) is 17.3 Å². The van der Waals surface area contributed by atoms with Crippen LogP contribution >= 0.6 is 0 Å². The van der Waals surface area contributed by atoms with E-state index >= 15 is 0 Å². The first-order valence-electron chi connectivity index (χ1n) is 16.1. The number of hydrogen-bond donors (Lipinski definition) is 0. The summed E-state index contributed by atoms with van der Waals surface area (Å²) in [5.41, 5.74) is 7.98. The van der Waals surface area contributed by atoms with Crippen molar-refractivity contribution in [3.63, 3.8) is 0 Å². The van der Waals surface area contributed by atoms with Crippen molar-refractivity contribution < 1.29 is 28.9 Å². The quantitative estimate of drug-likeness (QED) is 0.128. The van der Waals surface area contributed by atoms with E-state index in [0.717, 1.165) is 55.6 Å². The Labute approximate surface area is 302 Å². The van der Waals surface area contributed by atoms with E-state index in [-0.39, 0.29) is 32.0 Å². The van der Waals surface area contributed by atoms with Gasteiger partial charge in [0.15, 0.2) is 0 Å². The zero-order valence-corrected chi connectivity index (χ0v) is 32.4. The standard InChI is InChI=1S/C27H19FN3O.C14H16GeN.Ir/c1-16(2)31-24-9-4-3-8-23(24)30-26(31)21-7-5-6-20-22-14-18(15-29-27(22)32-25(20)21)17-10-12-19(28)13-11-17;1-15(2,3)13-9-10-14(16-11-13)12-7-5-4-6-8-12;/h3-6,8-16H,1-2H3;4-7,9-11H,1-3H3;/q2*-1;. The van der Waals surface area contributed by atoms with E-state index in [1.54, 1.807) is 18.3 Å². The minimum absolute atomic E-state index is 0. The van der Waals surface area contributed by atoms with Crippen molar-refractivity contribution >= 4 is 50.8 Å². The van der Waals surface area contributed by atoms with Gasteiger partial charge in [-0.25, -0.2) is 9.37 Å². The minimum Gasteiger partial charge on any atom is 0 e. The molecule has 1 radical (unpaired) electrons. The van der Waals surface area contributed by atoms with Gasteiger partial charge in [-0.1, -0.05) is 35.2 Å². The summed E-state index contributed by atoms with van der Waals surface area (Å²) in [6, 6.07) is 39.5. The Balaban J connectivity index is 0.000000208. The van der Waals surface area contributed by atoms with Crippen molar-refractivity contribution in [1.29, 1.82) is 0 Å². The monoisotopic (exact) mass is 885 g/mol. The van der Waals surface area contributed by atoms with Crippen molar-refractivity contribution in [2.45, 2.75) is 37.2 Å². The fraction of sp³-hybridized carbons (Fsp3) is 0.146. The first-order chi connectivity index (χ1) is 23.2. The molecule has 0 atom stereocenters. The van der Waals surface area contributed by atoms with Gasteiger partial charge in [0.25, 0.3) is 0 Å². The van der Waals surface area contributed by atoms with Gasteiger partial charge in [-0.15, -0.1) is 18.2 Å². The third-order valence-electron chi connectivity index (χ3n) is 8.42. The smallest absolute Gasteiger partial charge is 0 e. The van der Waals surface area contributed by atoms with Crippen molar-refractivity contribution in [2.24, 2.45) is 0 Å². The van der Waals surface area contributed by atoms with Crippen LogP contribution in [-0.4, -0.2) is 32.8 Å². The molecule has 0 aliphatic heterocycles. The Kier molecular flexibility index (Phi) is 9.98. The molecule has 8 aromatic rings. The number of imidazole rings is 1. The predicted octanol–water partition coefficient (Wildman–Crippen LogP) is 10.3. The van der Waals surface area contributed by atoms with Gasteiger partial charge >= 0.3 is 99.8 Å². The van der Waals surface area contributed by atoms with E-state index in [2.05, 4.69) is 76.0 Å². The van der Waals surface area contributed by atoms with Gasteiger partial charge in [-0.05, 0) is 49.7 Å². The van der Waals surface area contributed by atoms with Crippen LogP contribution < -0.4 is 4.40 Å². The topological polar surface area (TPSA) is 56.7 Å². The fourth-order valence-electron chi connectivity index (χ4n) is 5.88. The second-order valence-electron chi connectivity index (χ2n) is 13.1. The normalized spacial score (nSPS) is 11.5. The average Bonchev–Trinajstić information content (AvgIpc) is 3.68. The van der Waals surface area contributed by atoms with Crippen molar-refractivity contribution in [3.05, 3.63) is 133 Å². The molecule has 5 nitrogen and oxygen atoms in total. The molecule has 8 rings (SSSR count). The number of halogens is 1. The predicted molar refractivity (Wildman–Crippen MR) is 196 cm³/mol. The van der Waals surface area contributed by atoms with Crippen LogP contribution in [0.1, 0.15) is 19.9 Å². The summed E-state index contributed by atoms with van der Waals surface area (Å²) in [5, 5.41) is 1.86. The molecule has 0 bridgehead atoms. The number of benzene rings is 4. The van der Waals surface area contributed by atoms with E-state index < -0.39 is 13.3 Å². The summed E-state index contributed by atoms with van der Waals surface area (Å²) in [6.45, 7) is 4.29. The first kappa shape index (κ1) is 34.4. The summed E-state index contributed by atoms with van der Waals surface area (Å²) in [6.07, 6.45) is 3.79. The van der Waals surface area contributed by atoms with Crippen LogP contribution in [-0.2, 0) is 20.1 Å². The van der Waals surface area contributed by atoms with E-state index in [0.29, 0.717) is 11.3 Å². The number of furan rings is 1. The van der Waals surface area contributed by atoms with Crippen LogP contribution in [0.15, 0.2) is 120 Å². The molecule has 8 heteroatoms. The van der Waals surface area contributed by atoms with Crippen LogP contribution in [0.4, 0.5) is 4.39 Å². The first-order valence-corrected chi connectivity index (χ1v) is 23.4. The Morgan fingerprint density at radius 3 is 2.24 bits per heavy atom.